The van der Waals surface area contributed by atoms with E-state index in [0.717, 1.165) is 16.8 Å². The Kier molecular flexibility index (Phi) is 5.68. The molecule has 1 atom stereocenters. The molecule has 1 fully saturated rings. The Labute approximate surface area is 154 Å². The summed E-state index contributed by atoms with van der Waals surface area (Å²) in [6, 6.07) is 17.5. The molecule has 3 rings (SSSR count). The van der Waals surface area contributed by atoms with Crippen LogP contribution in [0.15, 0.2) is 54.6 Å². The van der Waals surface area contributed by atoms with Gasteiger partial charge in [0.05, 0.1) is 6.61 Å². The van der Waals surface area contributed by atoms with Crippen molar-refractivity contribution in [3.05, 3.63) is 65.7 Å². The summed E-state index contributed by atoms with van der Waals surface area (Å²) in [6.45, 7) is 4.90. The van der Waals surface area contributed by atoms with Crippen LogP contribution in [0.5, 0.6) is 0 Å². The van der Waals surface area contributed by atoms with Gasteiger partial charge in [-0.15, -0.1) is 0 Å². The molecule has 0 unspecified atom stereocenters. The van der Waals surface area contributed by atoms with Crippen LogP contribution >= 0.6 is 0 Å². The Hall–Kier alpha value is -2.66. The molecule has 0 radical (unpaired) electrons. The smallest absolute Gasteiger partial charge is 0.249 e. The Morgan fingerprint density at radius 2 is 1.81 bits per heavy atom. The topological polar surface area (TPSA) is 49.9 Å². The van der Waals surface area contributed by atoms with Gasteiger partial charge in [-0.05, 0) is 31.0 Å². The van der Waals surface area contributed by atoms with Crippen molar-refractivity contribution in [3.63, 3.8) is 0 Å². The van der Waals surface area contributed by atoms with Gasteiger partial charge in [0.1, 0.15) is 13.2 Å². The molecule has 1 aliphatic rings. The van der Waals surface area contributed by atoms with Crippen molar-refractivity contribution >= 4 is 17.5 Å². The van der Waals surface area contributed by atoms with Gasteiger partial charge in [0.25, 0.3) is 0 Å². The van der Waals surface area contributed by atoms with Gasteiger partial charge in [-0.3, -0.25) is 9.59 Å². The lowest BCUT2D eigenvalue weighted by molar-refractivity contribution is -0.143. The van der Waals surface area contributed by atoms with Gasteiger partial charge in [-0.25, -0.2) is 0 Å². The number of benzene rings is 2. The fourth-order valence-electron chi connectivity index (χ4n) is 3.20. The third-order valence-electron chi connectivity index (χ3n) is 4.65. The van der Waals surface area contributed by atoms with Gasteiger partial charge in [0, 0.05) is 18.3 Å². The molecule has 0 aliphatic carbocycles. The van der Waals surface area contributed by atoms with Crippen LogP contribution in [0.25, 0.3) is 0 Å². The first-order valence-electron chi connectivity index (χ1n) is 8.83. The van der Waals surface area contributed by atoms with Crippen LogP contribution in [0.1, 0.15) is 18.1 Å². The molecule has 0 N–H and O–H groups in total. The molecule has 1 aliphatic heterocycles. The van der Waals surface area contributed by atoms with E-state index in [1.165, 1.54) is 0 Å². The van der Waals surface area contributed by atoms with E-state index >= 15 is 0 Å². The number of rotatable bonds is 5. The zero-order valence-corrected chi connectivity index (χ0v) is 15.2. The van der Waals surface area contributed by atoms with E-state index in [1.807, 2.05) is 68.4 Å². The molecular formula is C21H24N2O3. The van der Waals surface area contributed by atoms with Crippen LogP contribution in [0.4, 0.5) is 5.69 Å². The second-order valence-corrected chi connectivity index (χ2v) is 6.64. The van der Waals surface area contributed by atoms with Gasteiger partial charge in [0.2, 0.25) is 11.8 Å². The highest BCUT2D eigenvalue weighted by Gasteiger charge is 2.33. The maximum Gasteiger partial charge on any atom is 0.249 e. The summed E-state index contributed by atoms with van der Waals surface area (Å²) in [5, 5.41) is 0. The number of para-hydroxylation sites is 1. The SMILES string of the molecule is Cc1ccccc1N1C[C@H](C)N(C(=O)COCc2ccccc2)CC1=O. The van der Waals surface area contributed by atoms with E-state index in [2.05, 4.69) is 0 Å². The lowest BCUT2D eigenvalue weighted by atomic mass is 10.1. The first-order valence-corrected chi connectivity index (χ1v) is 8.83. The highest BCUT2D eigenvalue weighted by Crippen LogP contribution is 2.23. The van der Waals surface area contributed by atoms with Crippen molar-refractivity contribution in [1.29, 1.82) is 0 Å². The third-order valence-corrected chi connectivity index (χ3v) is 4.65. The van der Waals surface area contributed by atoms with Crippen molar-refractivity contribution in [1.82, 2.24) is 4.90 Å². The van der Waals surface area contributed by atoms with Crippen LogP contribution in [0, 0.1) is 6.92 Å². The van der Waals surface area contributed by atoms with Gasteiger partial charge in [0.15, 0.2) is 0 Å². The lowest BCUT2D eigenvalue weighted by Crippen LogP contribution is -2.58. The number of piperazine rings is 1. The molecule has 136 valence electrons. The number of hydrogen-bond donors (Lipinski definition) is 0. The van der Waals surface area contributed by atoms with Gasteiger partial charge >= 0.3 is 0 Å². The summed E-state index contributed by atoms with van der Waals surface area (Å²) >= 11 is 0. The van der Waals surface area contributed by atoms with Gasteiger partial charge in [-0.1, -0.05) is 48.5 Å². The first kappa shape index (κ1) is 18.1. The minimum atomic E-state index is -0.147. The molecule has 1 saturated heterocycles. The van der Waals surface area contributed by atoms with Gasteiger partial charge < -0.3 is 14.5 Å². The van der Waals surface area contributed by atoms with Crippen LogP contribution < -0.4 is 4.90 Å². The molecule has 2 aromatic carbocycles. The van der Waals surface area contributed by atoms with E-state index < -0.39 is 0 Å². The van der Waals surface area contributed by atoms with Crippen LogP contribution in [0.3, 0.4) is 0 Å². The van der Waals surface area contributed by atoms with Crippen molar-refractivity contribution < 1.29 is 14.3 Å². The van der Waals surface area contributed by atoms with Crippen LogP contribution in [-0.4, -0.2) is 42.5 Å². The highest BCUT2D eigenvalue weighted by atomic mass is 16.5. The monoisotopic (exact) mass is 352 g/mol. The number of aryl methyl sites for hydroxylation is 1. The Morgan fingerprint density at radius 3 is 2.54 bits per heavy atom. The maximum atomic E-state index is 12.6. The predicted octanol–water partition coefficient (Wildman–Crippen LogP) is 2.78. The second-order valence-electron chi connectivity index (χ2n) is 6.64. The maximum absolute atomic E-state index is 12.6. The zero-order valence-electron chi connectivity index (χ0n) is 15.2. The number of ether oxygens (including phenoxy) is 1. The zero-order chi connectivity index (χ0) is 18.5. The number of anilines is 1. The fraction of sp³-hybridized carbons (Fsp3) is 0.333. The molecule has 2 amide bonds. The minimum Gasteiger partial charge on any atom is -0.367 e. The average Bonchev–Trinajstić information content (AvgIpc) is 2.64. The molecular weight excluding hydrogens is 328 g/mol. The average molecular weight is 352 g/mol. The summed E-state index contributed by atoms with van der Waals surface area (Å²) in [7, 11) is 0. The largest absolute Gasteiger partial charge is 0.367 e. The summed E-state index contributed by atoms with van der Waals surface area (Å²) in [5.74, 6) is -0.208. The summed E-state index contributed by atoms with van der Waals surface area (Å²) < 4.78 is 5.53. The summed E-state index contributed by atoms with van der Waals surface area (Å²) in [4.78, 5) is 28.5. The molecule has 0 aromatic heterocycles. The molecule has 1 heterocycles. The van der Waals surface area contributed by atoms with E-state index in [1.54, 1.807) is 9.80 Å². The third kappa shape index (κ3) is 4.11. The number of amides is 2. The molecule has 26 heavy (non-hydrogen) atoms. The van der Waals surface area contributed by atoms with Crippen molar-refractivity contribution in [2.45, 2.75) is 26.5 Å². The Morgan fingerprint density at radius 1 is 1.12 bits per heavy atom. The minimum absolute atomic E-state index is 0.0170. The summed E-state index contributed by atoms with van der Waals surface area (Å²) in [6.07, 6.45) is 0. The van der Waals surface area contributed by atoms with E-state index in [9.17, 15) is 9.59 Å². The van der Waals surface area contributed by atoms with Crippen molar-refractivity contribution in [2.75, 3.05) is 24.6 Å². The Bertz CT molecular complexity index is 776. The predicted molar refractivity (Wildman–Crippen MR) is 101 cm³/mol. The quantitative estimate of drug-likeness (QED) is 0.831. The fourth-order valence-corrected chi connectivity index (χ4v) is 3.20. The van der Waals surface area contributed by atoms with Crippen molar-refractivity contribution in [3.8, 4) is 0 Å². The molecule has 0 bridgehead atoms. The molecule has 5 heteroatoms. The normalized spacial score (nSPS) is 17.5. The standard InChI is InChI=1S/C21H24N2O3/c1-16-8-6-7-11-19(16)23-12-17(2)22(13-20(23)24)21(25)15-26-14-18-9-4-3-5-10-18/h3-11,17H,12-15H2,1-2H3/t17-/m0/s1. The Balaban J connectivity index is 1.58. The number of carbonyl (C=O) groups excluding carboxylic acids is 2. The molecule has 0 spiro atoms. The molecule has 2 aromatic rings. The van der Waals surface area contributed by atoms with Gasteiger partial charge in [-0.2, -0.15) is 0 Å². The number of nitrogens with zero attached hydrogens (tertiary/aromatic N) is 2. The number of carbonyl (C=O) groups is 2. The number of hydrogen-bond acceptors (Lipinski definition) is 3. The lowest BCUT2D eigenvalue weighted by Gasteiger charge is -2.39. The van der Waals surface area contributed by atoms with Crippen LogP contribution in [0.2, 0.25) is 0 Å². The van der Waals surface area contributed by atoms with E-state index in [0.29, 0.717) is 13.2 Å². The summed E-state index contributed by atoms with van der Waals surface area (Å²) in [5.41, 5.74) is 2.99. The van der Waals surface area contributed by atoms with E-state index in [4.69, 9.17) is 4.74 Å². The van der Waals surface area contributed by atoms with Crippen LogP contribution in [-0.2, 0) is 20.9 Å². The molecule has 5 nitrogen and oxygen atoms in total. The van der Waals surface area contributed by atoms with E-state index in [-0.39, 0.29) is 31.0 Å². The second kappa shape index (κ2) is 8.15. The first-order chi connectivity index (χ1) is 12.6. The molecule has 0 saturated carbocycles. The van der Waals surface area contributed by atoms with Crippen molar-refractivity contribution in [2.24, 2.45) is 0 Å². The highest BCUT2D eigenvalue weighted by molar-refractivity contribution is 5.98.